The fourth-order valence-electron chi connectivity index (χ4n) is 4.84. The van der Waals surface area contributed by atoms with Crippen LogP contribution >= 0.6 is 0 Å². The SMILES string of the molecule is CCn1cnc(CN2C[C@@H]3CN(C(=O)N(C)C)[C@@H](c4ccc(OC)cc4)[C@@H]3C2)c1.O=CO. The molecule has 32 heavy (non-hydrogen) atoms. The molecule has 2 amide bonds. The number of hydrogen-bond donors (Lipinski definition) is 1. The molecule has 0 radical (unpaired) electrons. The third kappa shape index (κ3) is 5.04. The van der Waals surface area contributed by atoms with Crippen molar-refractivity contribution < 1.29 is 19.4 Å². The molecule has 2 aliphatic rings. The molecule has 1 aromatic heterocycles. The highest BCUT2D eigenvalue weighted by molar-refractivity contribution is 5.75. The summed E-state index contributed by atoms with van der Waals surface area (Å²) in [4.78, 5) is 32.0. The van der Waals surface area contributed by atoms with Crippen LogP contribution in [0.3, 0.4) is 0 Å². The van der Waals surface area contributed by atoms with Crippen molar-refractivity contribution in [2.45, 2.75) is 26.1 Å². The van der Waals surface area contributed by atoms with Crippen LogP contribution in [0.1, 0.15) is 24.2 Å². The number of carbonyl (C=O) groups is 2. The maximum absolute atomic E-state index is 12.9. The normalized spacial score (nSPS) is 22.1. The minimum atomic E-state index is -0.250. The van der Waals surface area contributed by atoms with E-state index in [0.717, 1.165) is 44.2 Å². The van der Waals surface area contributed by atoms with Crippen molar-refractivity contribution in [3.63, 3.8) is 0 Å². The third-order valence-electron chi connectivity index (χ3n) is 6.26. The van der Waals surface area contributed by atoms with Gasteiger partial charge in [0.25, 0.3) is 6.47 Å². The molecule has 174 valence electrons. The number of benzene rings is 1. The van der Waals surface area contributed by atoms with Crippen molar-refractivity contribution in [1.29, 1.82) is 0 Å². The van der Waals surface area contributed by atoms with Gasteiger partial charge < -0.3 is 24.2 Å². The van der Waals surface area contributed by atoms with E-state index in [4.69, 9.17) is 14.6 Å². The maximum Gasteiger partial charge on any atom is 0.320 e. The Hall–Kier alpha value is -3.07. The van der Waals surface area contributed by atoms with Crippen LogP contribution in [0.5, 0.6) is 5.75 Å². The average molecular weight is 444 g/mol. The Morgan fingerprint density at radius 3 is 2.50 bits per heavy atom. The molecule has 2 fully saturated rings. The number of carboxylic acid groups (broad SMARTS) is 1. The molecular weight excluding hydrogens is 410 g/mol. The Morgan fingerprint density at radius 2 is 1.94 bits per heavy atom. The highest BCUT2D eigenvalue weighted by atomic mass is 16.5. The van der Waals surface area contributed by atoms with Gasteiger partial charge in [0.2, 0.25) is 0 Å². The number of amides is 2. The van der Waals surface area contributed by atoms with Crippen molar-refractivity contribution in [1.82, 2.24) is 24.3 Å². The number of carbonyl (C=O) groups excluding carboxylic acids is 1. The molecular formula is C23H33N5O4. The van der Waals surface area contributed by atoms with Gasteiger partial charge in [-0.15, -0.1) is 0 Å². The van der Waals surface area contributed by atoms with Gasteiger partial charge >= 0.3 is 6.03 Å². The van der Waals surface area contributed by atoms with Crippen molar-refractivity contribution in [2.75, 3.05) is 40.8 Å². The van der Waals surface area contributed by atoms with E-state index in [-0.39, 0.29) is 18.5 Å². The minimum Gasteiger partial charge on any atom is -0.497 e. The number of imidazole rings is 1. The molecule has 4 rings (SSSR count). The van der Waals surface area contributed by atoms with E-state index >= 15 is 0 Å². The lowest BCUT2D eigenvalue weighted by atomic mass is 9.89. The zero-order valence-electron chi connectivity index (χ0n) is 19.2. The van der Waals surface area contributed by atoms with Crippen molar-refractivity contribution in [3.05, 3.63) is 48.0 Å². The minimum absolute atomic E-state index is 0.0912. The largest absolute Gasteiger partial charge is 0.497 e. The Balaban J connectivity index is 0.000000913. The zero-order chi connectivity index (χ0) is 23.3. The van der Waals surface area contributed by atoms with E-state index in [9.17, 15) is 4.79 Å². The van der Waals surface area contributed by atoms with E-state index < -0.39 is 0 Å². The maximum atomic E-state index is 12.9. The first kappa shape index (κ1) is 23.6. The lowest BCUT2D eigenvalue weighted by Gasteiger charge is -2.31. The first-order chi connectivity index (χ1) is 15.4. The van der Waals surface area contributed by atoms with E-state index in [1.165, 1.54) is 5.56 Å². The number of nitrogens with zero attached hydrogens (tertiary/aromatic N) is 5. The first-order valence-electron chi connectivity index (χ1n) is 10.8. The highest BCUT2D eigenvalue weighted by Gasteiger charge is 2.49. The molecule has 1 aromatic carbocycles. The molecule has 3 atom stereocenters. The summed E-state index contributed by atoms with van der Waals surface area (Å²) in [7, 11) is 5.34. The standard InChI is InChI=1S/C22H31N5O2.CH2O2/c1-5-25-12-18(23-15-25)13-26-10-17-11-27(22(28)24(2)3)21(20(17)14-26)16-6-8-19(29-4)9-7-16;2-1-3/h6-9,12,15,17,20-21H,5,10-11,13-14H2,1-4H3;1H,(H,2,3)/t17-,20-,21+;/m1./s1. The van der Waals surface area contributed by atoms with Gasteiger partial charge in [0.05, 0.1) is 25.2 Å². The number of aryl methyl sites for hydroxylation is 1. The first-order valence-corrected chi connectivity index (χ1v) is 10.8. The van der Waals surface area contributed by atoms with E-state index in [2.05, 4.69) is 44.6 Å². The summed E-state index contributed by atoms with van der Waals surface area (Å²) in [5.41, 5.74) is 2.31. The Kier molecular flexibility index (Phi) is 7.74. The fourth-order valence-corrected chi connectivity index (χ4v) is 4.84. The lowest BCUT2D eigenvalue weighted by Crippen LogP contribution is -2.41. The van der Waals surface area contributed by atoms with Gasteiger partial charge in [0.1, 0.15) is 5.75 Å². The smallest absolute Gasteiger partial charge is 0.320 e. The topological polar surface area (TPSA) is 91.1 Å². The summed E-state index contributed by atoms with van der Waals surface area (Å²) in [5.74, 6) is 1.76. The Bertz CT molecular complexity index is 898. The number of likely N-dealkylation sites (tertiary alicyclic amines) is 2. The summed E-state index contributed by atoms with van der Waals surface area (Å²) in [6.45, 7) is 6.49. The van der Waals surface area contributed by atoms with Gasteiger partial charge in [0.15, 0.2) is 0 Å². The predicted octanol–water partition coefficient (Wildman–Crippen LogP) is 2.40. The van der Waals surface area contributed by atoms with Crippen LogP contribution in [-0.2, 0) is 17.9 Å². The van der Waals surface area contributed by atoms with Gasteiger partial charge in [0, 0.05) is 58.9 Å². The molecule has 3 heterocycles. The quantitative estimate of drug-likeness (QED) is 0.714. The monoisotopic (exact) mass is 443 g/mol. The molecule has 0 unspecified atom stereocenters. The Labute approximate surface area is 189 Å². The van der Waals surface area contributed by atoms with Crippen LogP contribution < -0.4 is 4.74 Å². The number of methoxy groups -OCH3 is 1. The van der Waals surface area contributed by atoms with Crippen LogP contribution in [0, 0.1) is 11.8 Å². The highest BCUT2D eigenvalue weighted by Crippen LogP contribution is 2.45. The summed E-state index contributed by atoms with van der Waals surface area (Å²) in [6.07, 6.45) is 4.04. The van der Waals surface area contributed by atoms with Gasteiger partial charge in [-0.05, 0) is 30.5 Å². The molecule has 0 spiro atoms. The molecule has 1 N–H and O–H groups in total. The molecule has 2 aromatic rings. The second-order valence-corrected chi connectivity index (χ2v) is 8.47. The van der Waals surface area contributed by atoms with Crippen LogP contribution in [0.2, 0.25) is 0 Å². The van der Waals surface area contributed by atoms with Crippen molar-refractivity contribution >= 4 is 12.5 Å². The molecule has 2 aliphatic heterocycles. The second kappa shape index (κ2) is 10.5. The lowest BCUT2D eigenvalue weighted by molar-refractivity contribution is -0.122. The number of rotatable bonds is 5. The predicted molar refractivity (Wildman–Crippen MR) is 120 cm³/mol. The molecule has 0 bridgehead atoms. The third-order valence-corrected chi connectivity index (χ3v) is 6.26. The number of hydrogen-bond acceptors (Lipinski definition) is 5. The van der Waals surface area contributed by atoms with Gasteiger partial charge in [-0.25, -0.2) is 9.78 Å². The van der Waals surface area contributed by atoms with Crippen molar-refractivity contribution in [2.24, 2.45) is 11.8 Å². The van der Waals surface area contributed by atoms with Crippen molar-refractivity contribution in [3.8, 4) is 5.75 Å². The van der Waals surface area contributed by atoms with Gasteiger partial charge in [-0.1, -0.05) is 12.1 Å². The molecule has 9 nitrogen and oxygen atoms in total. The van der Waals surface area contributed by atoms with Crippen LogP contribution in [-0.4, -0.2) is 82.7 Å². The summed E-state index contributed by atoms with van der Waals surface area (Å²) in [5, 5.41) is 6.89. The molecule has 0 aliphatic carbocycles. The second-order valence-electron chi connectivity index (χ2n) is 8.47. The molecule has 0 saturated carbocycles. The molecule has 9 heteroatoms. The van der Waals surface area contributed by atoms with Crippen LogP contribution in [0.4, 0.5) is 4.79 Å². The van der Waals surface area contributed by atoms with Crippen LogP contribution in [0.25, 0.3) is 0 Å². The average Bonchev–Trinajstić information content (AvgIpc) is 3.48. The zero-order valence-corrected chi connectivity index (χ0v) is 19.2. The summed E-state index contributed by atoms with van der Waals surface area (Å²) < 4.78 is 7.43. The summed E-state index contributed by atoms with van der Waals surface area (Å²) >= 11 is 0. The summed E-state index contributed by atoms with van der Waals surface area (Å²) in [6, 6.07) is 8.38. The van der Waals surface area contributed by atoms with Crippen LogP contribution in [0.15, 0.2) is 36.8 Å². The number of ether oxygens (including phenoxy) is 1. The number of fused-ring (bicyclic) bond motifs is 1. The van der Waals surface area contributed by atoms with Gasteiger partial charge in [-0.3, -0.25) is 9.69 Å². The fraction of sp³-hybridized carbons (Fsp3) is 0.522. The molecule has 2 saturated heterocycles. The van der Waals surface area contributed by atoms with E-state index in [1.807, 2.05) is 32.6 Å². The number of aromatic nitrogens is 2. The number of urea groups is 1. The Morgan fingerprint density at radius 1 is 1.25 bits per heavy atom. The van der Waals surface area contributed by atoms with E-state index in [1.54, 1.807) is 12.0 Å². The van der Waals surface area contributed by atoms with E-state index in [0.29, 0.717) is 11.8 Å². The van der Waals surface area contributed by atoms with Gasteiger partial charge in [-0.2, -0.15) is 0 Å².